The molecule has 4 atom stereocenters. The summed E-state index contributed by atoms with van der Waals surface area (Å²) < 4.78 is 18.7. The Bertz CT molecular complexity index is 1280. The molecule has 0 aliphatic carbocycles. The van der Waals surface area contributed by atoms with Crippen molar-refractivity contribution in [1.82, 2.24) is 15.5 Å². The highest BCUT2D eigenvalue weighted by Crippen LogP contribution is 2.39. The lowest BCUT2D eigenvalue weighted by Gasteiger charge is -2.38. The molecule has 2 aliphatic heterocycles. The zero-order valence-electron chi connectivity index (χ0n) is 24.6. The van der Waals surface area contributed by atoms with Gasteiger partial charge in [-0.15, -0.1) is 0 Å². The van der Waals surface area contributed by atoms with E-state index in [0.717, 1.165) is 65.9 Å². The predicted molar refractivity (Wildman–Crippen MR) is 163 cm³/mol. The van der Waals surface area contributed by atoms with Gasteiger partial charge in [0.1, 0.15) is 0 Å². The average Bonchev–Trinajstić information content (AvgIpc) is 3.46. The van der Waals surface area contributed by atoms with Crippen LogP contribution in [0.15, 0.2) is 72.8 Å². The van der Waals surface area contributed by atoms with E-state index in [1.54, 1.807) is 7.11 Å². The number of hydrogen-bond donors (Lipinski definition) is 3. The van der Waals surface area contributed by atoms with Gasteiger partial charge < -0.3 is 30.0 Å². The molecule has 3 N–H and O–H groups in total. The van der Waals surface area contributed by atoms with Crippen molar-refractivity contribution in [3.8, 4) is 11.1 Å². The molecule has 2 amide bonds. The highest BCUT2D eigenvalue weighted by atomic mass is 16.7. The second-order valence-corrected chi connectivity index (χ2v) is 11.1. The van der Waals surface area contributed by atoms with Crippen molar-refractivity contribution in [2.45, 2.75) is 63.9 Å². The van der Waals surface area contributed by atoms with Gasteiger partial charge in [-0.1, -0.05) is 72.8 Å². The van der Waals surface area contributed by atoms with E-state index in [1.807, 2.05) is 49.4 Å². The third-order valence-corrected chi connectivity index (χ3v) is 8.20. The zero-order valence-corrected chi connectivity index (χ0v) is 24.6. The molecule has 2 heterocycles. The number of benzene rings is 3. The van der Waals surface area contributed by atoms with E-state index < -0.39 is 6.29 Å². The summed E-state index contributed by atoms with van der Waals surface area (Å²) in [7, 11) is 1.77. The second kappa shape index (κ2) is 14.8. The van der Waals surface area contributed by atoms with Gasteiger partial charge in [0.2, 0.25) is 0 Å². The number of hydrogen-bond acceptors (Lipinski definition) is 6. The maximum absolute atomic E-state index is 12.0. The SMILES string of the molecule is CCNC(=O)NCc1ccccc1-c1ccc([C@@H]2O[C@H](CN3CCC[C@H]3COC)C[C@H](c3ccc(CO)cc3)O2)cc1. The number of likely N-dealkylation sites (tertiary alicyclic amines) is 1. The number of rotatable bonds is 11. The lowest BCUT2D eigenvalue weighted by atomic mass is 9.97. The highest BCUT2D eigenvalue weighted by Gasteiger charge is 2.35. The van der Waals surface area contributed by atoms with E-state index in [1.165, 1.54) is 6.42 Å². The second-order valence-electron chi connectivity index (χ2n) is 11.1. The van der Waals surface area contributed by atoms with Crippen molar-refractivity contribution in [3.05, 3.63) is 95.1 Å². The highest BCUT2D eigenvalue weighted by molar-refractivity contribution is 5.74. The topological polar surface area (TPSA) is 92.3 Å². The van der Waals surface area contributed by atoms with Crippen LogP contribution in [0.1, 0.15) is 60.8 Å². The fourth-order valence-electron chi connectivity index (χ4n) is 5.99. The van der Waals surface area contributed by atoms with Crippen molar-refractivity contribution in [3.63, 3.8) is 0 Å². The van der Waals surface area contributed by atoms with Crippen LogP contribution >= 0.6 is 0 Å². The lowest BCUT2D eigenvalue weighted by molar-refractivity contribution is -0.253. The van der Waals surface area contributed by atoms with Gasteiger partial charge in [0, 0.05) is 44.8 Å². The van der Waals surface area contributed by atoms with Gasteiger partial charge in [-0.2, -0.15) is 0 Å². The first kappa shape index (κ1) is 30.2. The largest absolute Gasteiger partial charge is 0.392 e. The molecule has 224 valence electrons. The number of methoxy groups -OCH3 is 1. The van der Waals surface area contributed by atoms with Crippen molar-refractivity contribution in [1.29, 1.82) is 0 Å². The summed E-state index contributed by atoms with van der Waals surface area (Å²) >= 11 is 0. The lowest BCUT2D eigenvalue weighted by Crippen LogP contribution is -2.42. The van der Waals surface area contributed by atoms with Crippen LogP contribution in [0.5, 0.6) is 0 Å². The summed E-state index contributed by atoms with van der Waals surface area (Å²) in [6.45, 7) is 5.57. The first-order chi connectivity index (χ1) is 20.6. The molecule has 0 aromatic heterocycles. The van der Waals surface area contributed by atoms with Gasteiger partial charge in [-0.3, -0.25) is 4.90 Å². The Morgan fingerprint density at radius 2 is 1.76 bits per heavy atom. The van der Waals surface area contributed by atoms with E-state index in [-0.39, 0.29) is 24.8 Å². The molecule has 2 aliphatic rings. The monoisotopic (exact) mass is 573 g/mol. The van der Waals surface area contributed by atoms with Crippen LogP contribution in [-0.4, -0.2) is 61.5 Å². The van der Waals surface area contributed by atoms with E-state index in [4.69, 9.17) is 14.2 Å². The van der Waals surface area contributed by atoms with E-state index in [9.17, 15) is 9.90 Å². The van der Waals surface area contributed by atoms with Crippen LogP contribution in [0.4, 0.5) is 4.79 Å². The minimum Gasteiger partial charge on any atom is -0.392 e. The number of urea groups is 1. The van der Waals surface area contributed by atoms with Crippen LogP contribution in [0.25, 0.3) is 11.1 Å². The predicted octanol–water partition coefficient (Wildman–Crippen LogP) is 5.32. The minimum absolute atomic E-state index is 0.00414. The summed E-state index contributed by atoms with van der Waals surface area (Å²) in [5, 5.41) is 15.2. The van der Waals surface area contributed by atoms with Crippen molar-refractivity contribution >= 4 is 6.03 Å². The Balaban J connectivity index is 1.34. The molecule has 0 radical (unpaired) electrons. The molecule has 3 aromatic rings. The third-order valence-electron chi connectivity index (χ3n) is 8.20. The number of carbonyl (C=O) groups is 1. The standard InChI is InChI=1S/C34H43N3O5/c1-3-35-34(39)36-20-28-7-4-5-9-31(28)25-14-16-27(17-15-25)33-41-30(21-37-18-6-8-29(37)23-40-2)19-32(42-33)26-12-10-24(22-38)11-13-26/h4-5,7,9-17,29-30,32-33,38H,3,6,8,18-23H2,1-2H3,(H2,35,36,39)/t29-,30-,32+,33+/m0/s1. The third kappa shape index (κ3) is 7.56. The van der Waals surface area contributed by atoms with Crippen molar-refractivity contribution in [2.24, 2.45) is 0 Å². The Morgan fingerprint density at radius 3 is 2.50 bits per heavy atom. The zero-order chi connectivity index (χ0) is 29.3. The van der Waals surface area contributed by atoms with Gasteiger partial charge in [0.15, 0.2) is 6.29 Å². The average molecular weight is 574 g/mol. The van der Waals surface area contributed by atoms with E-state index in [2.05, 4.69) is 45.9 Å². The Morgan fingerprint density at radius 1 is 1.00 bits per heavy atom. The maximum atomic E-state index is 12.0. The number of nitrogens with one attached hydrogen (secondary N) is 2. The van der Waals surface area contributed by atoms with Gasteiger partial charge in [0.25, 0.3) is 0 Å². The minimum atomic E-state index is -0.501. The smallest absolute Gasteiger partial charge is 0.315 e. The molecule has 0 spiro atoms. The first-order valence-corrected chi connectivity index (χ1v) is 15.0. The Hall–Kier alpha value is -3.27. The molecule has 0 saturated carbocycles. The van der Waals surface area contributed by atoms with Gasteiger partial charge in [0.05, 0.1) is 25.4 Å². The fourth-order valence-corrected chi connectivity index (χ4v) is 5.99. The fraction of sp³-hybridized carbons (Fsp3) is 0.441. The molecule has 2 fully saturated rings. The van der Waals surface area contributed by atoms with Crippen LogP contribution in [0, 0.1) is 0 Å². The van der Waals surface area contributed by atoms with Crippen LogP contribution in [-0.2, 0) is 27.4 Å². The number of carbonyl (C=O) groups excluding carboxylic acids is 1. The van der Waals surface area contributed by atoms with Crippen LogP contribution in [0.2, 0.25) is 0 Å². The molecule has 8 nitrogen and oxygen atoms in total. The molecule has 3 aromatic carbocycles. The summed E-state index contributed by atoms with van der Waals surface area (Å²) in [6, 6.07) is 24.7. The summed E-state index contributed by atoms with van der Waals surface area (Å²) in [4.78, 5) is 14.5. The first-order valence-electron chi connectivity index (χ1n) is 15.0. The number of amides is 2. The molecular weight excluding hydrogens is 530 g/mol. The number of aliphatic hydroxyl groups excluding tert-OH is 1. The van der Waals surface area contributed by atoms with Crippen LogP contribution in [0.3, 0.4) is 0 Å². The van der Waals surface area contributed by atoms with E-state index >= 15 is 0 Å². The number of nitrogens with zero attached hydrogens (tertiary/aromatic N) is 1. The molecule has 8 heteroatoms. The molecule has 5 rings (SSSR count). The van der Waals surface area contributed by atoms with Crippen molar-refractivity contribution < 1.29 is 24.1 Å². The van der Waals surface area contributed by atoms with E-state index in [0.29, 0.717) is 19.1 Å². The molecule has 42 heavy (non-hydrogen) atoms. The van der Waals surface area contributed by atoms with Gasteiger partial charge >= 0.3 is 6.03 Å². The molecular formula is C34H43N3O5. The maximum Gasteiger partial charge on any atom is 0.315 e. The Kier molecular flexibility index (Phi) is 10.6. The van der Waals surface area contributed by atoms with Gasteiger partial charge in [-0.05, 0) is 54.1 Å². The number of aliphatic hydroxyl groups is 1. The Labute approximate surface area is 249 Å². The van der Waals surface area contributed by atoms with Crippen molar-refractivity contribution in [2.75, 3.05) is 33.4 Å². The molecule has 2 saturated heterocycles. The molecule has 0 unspecified atom stereocenters. The summed E-state index contributed by atoms with van der Waals surface area (Å²) in [5.74, 6) is 0. The number of ether oxygens (including phenoxy) is 3. The summed E-state index contributed by atoms with van der Waals surface area (Å²) in [5.41, 5.74) is 6.12. The normalized spacial score (nSPS) is 22.6. The van der Waals surface area contributed by atoms with Gasteiger partial charge in [-0.25, -0.2) is 4.79 Å². The quantitative estimate of drug-likeness (QED) is 0.288. The van der Waals surface area contributed by atoms with Crippen LogP contribution < -0.4 is 10.6 Å². The molecule has 0 bridgehead atoms. The summed E-state index contributed by atoms with van der Waals surface area (Å²) in [6.07, 6.45) is 2.46.